The van der Waals surface area contributed by atoms with Crippen molar-refractivity contribution >= 4 is 68.6 Å². The van der Waals surface area contributed by atoms with Crippen LogP contribution in [0.1, 0.15) is 0 Å². The topological polar surface area (TPSA) is 66.8 Å². The Hall–Kier alpha value is -0.440. The number of carboxylic acid groups (broad SMARTS) is 2. The van der Waals surface area contributed by atoms with Gasteiger partial charge in [-0.05, 0) is 35.9 Å². The van der Waals surface area contributed by atoms with E-state index in [4.69, 9.17) is 32.0 Å². The number of carbonyl (C=O) groups is 1. The fourth-order valence-corrected chi connectivity index (χ4v) is 3.53. The van der Waals surface area contributed by atoms with Gasteiger partial charge in [0, 0.05) is 4.88 Å². The van der Waals surface area contributed by atoms with E-state index in [1.54, 1.807) is 27.8 Å². The number of hydrogen-bond acceptors (Lipinski definition) is 5. The Bertz CT molecular complexity index is 558. The van der Waals surface area contributed by atoms with E-state index in [1.165, 1.54) is 10.4 Å². The van der Waals surface area contributed by atoms with Crippen LogP contribution in [0.25, 0.3) is 10.4 Å². The third-order valence-electron chi connectivity index (χ3n) is 1.84. The van der Waals surface area contributed by atoms with Crippen molar-refractivity contribution in [3.8, 4) is 16.2 Å². The van der Waals surface area contributed by atoms with Crippen LogP contribution in [0.2, 0.25) is 0 Å². The van der Waals surface area contributed by atoms with E-state index in [9.17, 15) is 0 Å². The molecule has 1 aromatic carbocycles. The molecule has 0 unspecified atom stereocenters. The van der Waals surface area contributed by atoms with E-state index in [0.717, 1.165) is 9.57 Å². The second-order valence-corrected chi connectivity index (χ2v) is 5.92. The molecule has 1 heterocycles. The predicted molar refractivity (Wildman–Crippen MR) is 82.8 cm³/mol. The van der Waals surface area contributed by atoms with Gasteiger partial charge in [0.1, 0.15) is 9.57 Å². The van der Waals surface area contributed by atoms with Gasteiger partial charge in [0.25, 0.3) is 0 Å². The second-order valence-electron chi connectivity index (χ2n) is 3.01. The zero-order valence-corrected chi connectivity index (χ0v) is 11.8. The van der Waals surface area contributed by atoms with Crippen LogP contribution in [0.15, 0.2) is 30.3 Å². The van der Waals surface area contributed by atoms with E-state index in [1.807, 2.05) is 30.3 Å². The summed E-state index contributed by atoms with van der Waals surface area (Å²) in [6.45, 7) is 0. The summed E-state index contributed by atoms with van der Waals surface area (Å²) in [5, 5.41) is 13.9. The average molecular weight is 326 g/mol. The zero-order valence-electron chi connectivity index (χ0n) is 9.32. The number of methoxy groups -OCH3 is 1. The maximum atomic E-state index is 8.56. The molecule has 19 heavy (non-hydrogen) atoms. The van der Waals surface area contributed by atoms with E-state index in [0.29, 0.717) is 0 Å². The second kappa shape index (κ2) is 9.46. The van der Waals surface area contributed by atoms with Crippen LogP contribution in [0.4, 0.5) is 4.79 Å². The van der Waals surface area contributed by atoms with Crippen molar-refractivity contribution in [2.24, 2.45) is 0 Å². The molecule has 0 fully saturated rings. The zero-order chi connectivity index (χ0) is 13.5. The van der Waals surface area contributed by atoms with Crippen molar-refractivity contribution in [1.29, 1.82) is 0 Å². The quantitative estimate of drug-likeness (QED) is 0.499. The van der Waals surface area contributed by atoms with Crippen LogP contribution in [0.3, 0.4) is 0 Å². The first kappa shape index (κ1) is 18.6. The van der Waals surface area contributed by atoms with Gasteiger partial charge in [0.05, 0.1) is 7.11 Å². The van der Waals surface area contributed by atoms with Crippen molar-refractivity contribution in [1.82, 2.24) is 0 Å². The van der Waals surface area contributed by atoms with E-state index >= 15 is 0 Å². The van der Waals surface area contributed by atoms with Gasteiger partial charge in [-0.25, -0.2) is 4.79 Å². The van der Waals surface area contributed by atoms with Crippen LogP contribution in [-0.2, 0) is 0 Å². The molecule has 0 radical (unpaired) electrons. The molecule has 2 rings (SSSR count). The molecule has 8 heteroatoms. The summed E-state index contributed by atoms with van der Waals surface area (Å²) in [6.07, 6.45) is -1.83. The van der Waals surface area contributed by atoms with Gasteiger partial charge in [-0.15, -0.1) is 0 Å². The summed E-state index contributed by atoms with van der Waals surface area (Å²) >= 11 is 5.09. The van der Waals surface area contributed by atoms with Crippen molar-refractivity contribution in [2.45, 2.75) is 0 Å². The van der Waals surface area contributed by atoms with Crippen LogP contribution >= 0.6 is 32.9 Å². The molecular weight excluding hydrogens is 315 g/mol. The average Bonchev–Trinajstić information content (AvgIpc) is 2.75. The summed E-state index contributed by atoms with van der Waals surface area (Å²) in [6, 6.07) is 10.1. The molecule has 0 aliphatic carbocycles. The Morgan fingerprint density at radius 1 is 1.21 bits per heavy atom. The predicted octanol–water partition coefficient (Wildman–Crippen LogP) is 3.79. The minimum absolute atomic E-state index is 0. The first-order chi connectivity index (χ1) is 8.52. The monoisotopic (exact) mass is 326 g/mol. The SMILES string of the molecule is COc1ccc(-c2cc(=S)ss2)cc1.O=C(O)O.[NaH]. The number of hydrogen-bond donors (Lipinski definition) is 2. The molecule has 98 valence electrons. The van der Waals surface area contributed by atoms with Crippen molar-refractivity contribution in [3.05, 3.63) is 34.2 Å². The normalized spacial score (nSPS) is 8.68. The van der Waals surface area contributed by atoms with E-state index in [2.05, 4.69) is 0 Å². The third-order valence-corrected chi connectivity index (χ3v) is 4.75. The Balaban J connectivity index is 0.000000576. The number of benzene rings is 1. The molecule has 0 aliphatic heterocycles. The molecule has 0 saturated carbocycles. The molecule has 4 nitrogen and oxygen atoms in total. The van der Waals surface area contributed by atoms with Gasteiger partial charge in [-0.3, -0.25) is 0 Å². The first-order valence-electron chi connectivity index (χ1n) is 4.69. The summed E-state index contributed by atoms with van der Waals surface area (Å²) in [5.41, 5.74) is 1.20. The summed E-state index contributed by atoms with van der Waals surface area (Å²) in [7, 11) is 5.02. The molecule has 2 aromatic rings. The number of rotatable bonds is 2. The molecule has 0 saturated heterocycles. The van der Waals surface area contributed by atoms with E-state index in [-0.39, 0.29) is 29.6 Å². The number of ether oxygens (including phenoxy) is 1. The van der Waals surface area contributed by atoms with Crippen LogP contribution in [0.5, 0.6) is 5.75 Å². The summed E-state index contributed by atoms with van der Waals surface area (Å²) in [4.78, 5) is 9.78. The molecule has 0 amide bonds. The standard InChI is InChI=1S/C10H8OS3.CH2O3.Na.H/c1-11-8-4-2-7(3-5-8)9-6-10(12)14-13-9;2-1(3)4;;/h2-6H,1H3;(H2,2,3,4);;. The Kier molecular flexibility index (Phi) is 9.24. The van der Waals surface area contributed by atoms with Crippen LogP contribution in [-0.4, -0.2) is 53.0 Å². The molecule has 0 aliphatic rings. The Morgan fingerprint density at radius 3 is 2.11 bits per heavy atom. The molecule has 0 spiro atoms. The van der Waals surface area contributed by atoms with Crippen LogP contribution in [0, 0.1) is 3.82 Å². The van der Waals surface area contributed by atoms with Gasteiger partial charge in [0.15, 0.2) is 0 Å². The molecule has 2 N–H and O–H groups in total. The Morgan fingerprint density at radius 2 is 1.74 bits per heavy atom. The van der Waals surface area contributed by atoms with E-state index < -0.39 is 6.16 Å². The fourth-order valence-electron chi connectivity index (χ4n) is 1.13. The van der Waals surface area contributed by atoms with Gasteiger partial charge in [-0.1, -0.05) is 32.9 Å². The summed E-state index contributed by atoms with van der Waals surface area (Å²) < 4.78 is 6.04. The minimum atomic E-state index is -1.83. The molecule has 0 atom stereocenters. The summed E-state index contributed by atoms with van der Waals surface area (Å²) in [5.74, 6) is 0.882. The molecular formula is C11H11NaO4S3. The van der Waals surface area contributed by atoms with Gasteiger partial charge >= 0.3 is 35.7 Å². The maximum absolute atomic E-state index is 8.56. The van der Waals surface area contributed by atoms with Gasteiger partial charge < -0.3 is 14.9 Å². The van der Waals surface area contributed by atoms with Crippen molar-refractivity contribution < 1.29 is 19.7 Å². The molecule has 1 aromatic heterocycles. The first-order valence-corrected chi connectivity index (χ1v) is 7.25. The van der Waals surface area contributed by atoms with Crippen molar-refractivity contribution in [3.63, 3.8) is 0 Å². The fraction of sp³-hybridized carbons (Fsp3) is 0.0909. The third kappa shape index (κ3) is 7.05. The molecule has 0 bridgehead atoms. The van der Waals surface area contributed by atoms with Crippen molar-refractivity contribution in [2.75, 3.05) is 7.11 Å². The van der Waals surface area contributed by atoms with Crippen LogP contribution < -0.4 is 4.74 Å². The van der Waals surface area contributed by atoms with Gasteiger partial charge in [-0.2, -0.15) is 0 Å². The van der Waals surface area contributed by atoms with Gasteiger partial charge in [0.2, 0.25) is 0 Å². The Labute approximate surface area is 145 Å².